The third-order valence-corrected chi connectivity index (χ3v) is 5.64. The molecule has 0 radical (unpaired) electrons. The fourth-order valence-electron chi connectivity index (χ4n) is 1.87. The van der Waals surface area contributed by atoms with Crippen LogP contribution in [0.15, 0.2) is 20.9 Å². The van der Waals surface area contributed by atoms with Gasteiger partial charge in [0.1, 0.15) is 0 Å². The Labute approximate surface area is 126 Å². The van der Waals surface area contributed by atoms with Crippen LogP contribution in [0.25, 0.3) is 0 Å². The van der Waals surface area contributed by atoms with Crippen LogP contribution in [0.4, 0.5) is 0 Å². The fourth-order valence-corrected chi connectivity index (χ4v) is 4.23. The molecular formula is C12H16N4O3S2. The minimum Gasteiger partial charge on any atom is -0.338 e. The number of nitrogens with zero attached hydrogens (tertiary/aromatic N) is 2. The maximum absolute atomic E-state index is 12.3. The van der Waals surface area contributed by atoms with Crippen molar-refractivity contribution >= 4 is 21.4 Å². The van der Waals surface area contributed by atoms with Gasteiger partial charge in [-0.05, 0) is 31.2 Å². The molecule has 1 saturated carbocycles. The summed E-state index contributed by atoms with van der Waals surface area (Å²) in [6.07, 6.45) is 2.34. The number of hydrogen-bond acceptors (Lipinski definition) is 7. The Kier molecular flexibility index (Phi) is 4.07. The normalized spacial score (nSPS) is 15.5. The Bertz CT molecular complexity index is 718. The van der Waals surface area contributed by atoms with Gasteiger partial charge < -0.3 is 9.84 Å². The van der Waals surface area contributed by atoms with Gasteiger partial charge in [-0.3, -0.25) is 0 Å². The first kappa shape index (κ1) is 14.6. The van der Waals surface area contributed by atoms with Crippen LogP contribution >= 0.6 is 11.3 Å². The molecule has 114 valence electrons. The molecule has 0 atom stereocenters. The van der Waals surface area contributed by atoms with Crippen LogP contribution in [0.2, 0.25) is 0 Å². The number of sulfonamides is 1. The quantitative estimate of drug-likeness (QED) is 0.792. The molecule has 1 aliphatic rings. The van der Waals surface area contributed by atoms with Crippen LogP contribution in [-0.4, -0.2) is 24.6 Å². The molecule has 21 heavy (non-hydrogen) atoms. The largest absolute Gasteiger partial charge is 0.338 e. The van der Waals surface area contributed by atoms with Gasteiger partial charge in [-0.2, -0.15) is 4.98 Å². The Morgan fingerprint density at radius 2 is 2.24 bits per heavy atom. The average molecular weight is 328 g/mol. The molecule has 3 rings (SSSR count). The van der Waals surface area contributed by atoms with E-state index in [9.17, 15) is 8.42 Å². The van der Waals surface area contributed by atoms with E-state index in [1.807, 2.05) is 0 Å². The standard InChI is InChI=1S/C12H16N4O3S2/c1-8-15-12(19-16-8)7-14-21(17,18)11-4-5-20-10(11)6-13-9-2-3-9/h4-5,9,13-14H,2-3,6-7H2,1H3. The summed E-state index contributed by atoms with van der Waals surface area (Å²) in [6, 6.07) is 2.16. The Morgan fingerprint density at radius 1 is 1.43 bits per heavy atom. The van der Waals surface area contributed by atoms with Crippen LogP contribution in [0.1, 0.15) is 29.4 Å². The van der Waals surface area contributed by atoms with Gasteiger partial charge in [0.15, 0.2) is 5.82 Å². The molecule has 0 bridgehead atoms. The van der Waals surface area contributed by atoms with Gasteiger partial charge in [-0.15, -0.1) is 11.3 Å². The van der Waals surface area contributed by atoms with E-state index in [1.54, 1.807) is 18.4 Å². The lowest BCUT2D eigenvalue weighted by Gasteiger charge is -2.07. The van der Waals surface area contributed by atoms with Crippen molar-refractivity contribution in [3.05, 3.63) is 28.0 Å². The van der Waals surface area contributed by atoms with Gasteiger partial charge in [0, 0.05) is 17.5 Å². The molecular weight excluding hydrogens is 312 g/mol. The second-order valence-corrected chi connectivity index (χ2v) is 7.66. The first-order chi connectivity index (χ1) is 10.0. The number of thiophene rings is 1. The number of aromatic nitrogens is 2. The molecule has 2 heterocycles. The van der Waals surface area contributed by atoms with E-state index in [0.717, 1.165) is 4.88 Å². The van der Waals surface area contributed by atoms with Gasteiger partial charge in [0.05, 0.1) is 11.4 Å². The minimum atomic E-state index is -3.57. The molecule has 2 aromatic heterocycles. The van der Waals surface area contributed by atoms with Gasteiger partial charge in [0.25, 0.3) is 0 Å². The zero-order valence-corrected chi connectivity index (χ0v) is 13.1. The Morgan fingerprint density at radius 3 is 2.90 bits per heavy atom. The van der Waals surface area contributed by atoms with Crippen LogP contribution in [0.3, 0.4) is 0 Å². The average Bonchev–Trinajstić information content (AvgIpc) is 2.97. The number of hydrogen-bond donors (Lipinski definition) is 2. The number of rotatable bonds is 7. The first-order valence-electron chi connectivity index (χ1n) is 6.63. The van der Waals surface area contributed by atoms with Crippen LogP contribution in [0, 0.1) is 6.92 Å². The summed E-state index contributed by atoms with van der Waals surface area (Å²) >= 11 is 1.44. The van der Waals surface area contributed by atoms with Gasteiger partial charge >= 0.3 is 0 Å². The zero-order valence-electron chi connectivity index (χ0n) is 11.5. The Hall–Kier alpha value is -1.29. The maximum Gasteiger partial charge on any atom is 0.242 e. The van der Waals surface area contributed by atoms with Crippen molar-refractivity contribution in [2.24, 2.45) is 0 Å². The summed E-state index contributed by atoms with van der Waals surface area (Å²) in [7, 11) is -3.57. The number of aryl methyl sites for hydroxylation is 1. The van der Waals surface area contributed by atoms with E-state index in [-0.39, 0.29) is 12.4 Å². The highest BCUT2D eigenvalue weighted by molar-refractivity contribution is 7.89. The van der Waals surface area contributed by atoms with Crippen molar-refractivity contribution in [3.63, 3.8) is 0 Å². The SMILES string of the molecule is Cc1noc(CNS(=O)(=O)c2ccsc2CNC2CC2)n1. The molecule has 0 aliphatic heterocycles. The lowest BCUT2D eigenvalue weighted by atomic mass is 10.4. The van der Waals surface area contributed by atoms with E-state index < -0.39 is 10.0 Å². The summed E-state index contributed by atoms with van der Waals surface area (Å²) in [5.74, 6) is 0.734. The lowest BCUT2D eigenvalue weighted by molar-refractivity contribution is 0.372. The fraction of sp³-hybridized carbons (Fsp3) is 0.500. The molecule has 9 heteroatoms. The van der Waals surface area contributed by atoms with E-state index in [1.165, 1.54) is 24.2 Å². The second kappa shape index (κ2) is 5.84. The van der Waals surface area contributed by atoms with Crippen LogP contribution < -0.4 is 10.0 Å². The molecule has 0 amide bonds. The molecule has 0 unspecified atom stereocenters. The molecule has 1 aliphatic carbocycles. The first-order valence-corrected chi connectivity index (χ1v) is 8.99. The van der Waals surface area contributed by atoms with Gasteiger partial charge in [0.2, 0.25) is 15.9 Å². The monoisotopic (exact) mass is 328 g/mol. The molecule has 0 saturated heterocycles. The predicted molar refractivity (Wildman–Crippen MR) is 77.2 cm³/mol. The molecule has 1 fully saturated rings. The molecule has 2 N–H and O–H groups in total. The maximum atomic E-state index is 12.3. The van der Waals surface area contributed by atoms with E-state index in [0.29, 0.717) is 23.3 Å². The van der Waals surface area contributed by atoms with Crippen molar-refractivity contribution in [2.45, 2.75) is 43.8 Å². The van der Waals surface area contributed by atoms with E-state index in [4.69, 9.17) is 4.52 Å². The Balaban J connectivity index is 1.67. The molecule has 2 aromatic rings. The second-order valence-electron chi connectivity index (χ2n) is 4.92. The highest BCUT2D eigenvalue weighted by Crippen LogP contribution is 2.24. The highest BCUT2D eigenvalue weighted by Gasteiger charge is 2.24. The van der Waals surface area contributed by atoms with Crippen molar-refractivity contribution in [2.75, 3.05) is 0 Å². The van der Waals surface area contributed by atoms with Crippen molar-refractivity contribution in [3.8, 4) is 0 Å². The highest BCUT2D eigenvalue weighted by atomic mass is 32.2. The zero-order chi connectivity index (χ0) is 14.9. The third kappa shape index (κ3) is 3.67. The van der Waals surface area contributed by atoms with Gasteiger partial charge in [-0.25, -0.2) is 13.1 Å². The molecule has 0 aromatic carbocycles. The summed E-state index contributed by atoms with van der Waals surface area (Å²) in [6.45, 7) is 2.26. The van der Waals surface area contributed by atoms with E-state index >= 15 is 0 Å². The van der Waals surface area contributed by atoms with Gasteiger partial charge in [-0.1, -0.05) is 5.16 Å². The molecule has 7 nitrogen and oxygen atoms in total. The van der Waals surface area contributed by atoms with Crippen LogP contribution in [-0.2, 0) is 23.1 Å². The third-order valence-electron chi connectivity index (χ3n) is 3.11. The van der Waals surface area contributed by atoms with Crippen LogP contribution in [0.5, 0.6) is 0 Å². The summed E-state index contributed by atoms with van der Waals surface area (Å²) in [5.41, 5.74) is 0. The predicted octanol–water partition coefficient (Wildman–Crippen LogP) is 1.17. The lowest BCUT2D eigenvalue weighted by Crippen LogP contribution is -2.25. The van der Waals surface area contributed by atoms with Crippen molar-refractivity contribution in [1.29, 1.82) is 0 Å². The van der Waals surface area contributed by atoms with E-state index in [2.05, 4.69) is 20.2 Å². The molecule has 0 spiro atoms. The smallest absolute Gasteiger partial charge is 0.242 e. The van der Waals surface area contributed by atoms with Crippen molar-refractivity contribution in [1.82, 2.24) is 20.2 Å². The van der Waals surface area contributed by atoms with Crippen molar-refractivity contribution < 1.29 is 12.9 Å². The summed E-state index contributed by atoms with van der Waals surface area (Å²) in [5, 5.41) is 8.74. The summed E-state index contributed by atoms with van der Waals surface area (Å²) < 4.78 is 32.1. The number of nitrogens with one attached hydrogen (secondary N) is 2. The summed E-state index contributed by atoms with van der Waals surface area (Å²) in [4.78, 5) is 5.10. The minimum absolute atomic E-state index is 0.00544. The topological polar surface area (TPSA) is 97.1 Å².